The van der Waals surface area contributed by atoms with E-state index in [-0.39, 0.29) is 19.1 Å². The number of anilines is 1. The Morgan fingerprint density at radius 3 is 2.63 bits per heavy atom. The lowest BCUT2D eigenvalue weighted by atomic mass is 10.2. The summed E-state index contributed by atoms with van der Waals surface area (Å²) in [5.74, 6) is 0.403. The number of hydrazine groups is 1. The first-order valence-corrected chi connectivity index (χ1v) is 9.29. The molecule has 0 aliphatic carbocycles. The van der Waals surface area contributed by atoms with Gasteiger partial charge < -0.3 is 14.2 Å². The third kappa shape index (κ3) is 4.35. The molecule has 2 aromatic carbocycles. The predicted molar refractivity (Wildman–Crippen MR) is 107 cm³/mol. The molecular formula is C21H19N3O6. The second-order valence-corrected chi connectivity index (χ2v) is 6.51. The first kappa shape index (κ1) is 19.3. The van der Waals surface area contributed by atoms with E-state index in [0.717, 1.165) is 5.56 Å². The van der Waals surface area contributed by atoms with Crippen molar-refractivity contribution in [3.63, 3.8) is 0 Å². The predicted octanol–water partition coefficient (Wildman–Crippen LogP) is 1.04. The van der Waals surface area contributed by atoms with Crippen LogP contribution in [0.4, 0.5) is 5.69 Å². The summed E-state index contributed by atoms with van der Waals surface area (Å²) < 4.78 is 16.3. The lowest BCUT2D eigenvalue weighted by molar-refractivity contribution is -0.127. The Morgan fingerprint density at radius 1 is 0.967 bits per heavy atom. The zero-order valence-electron chi connectivity index (χ0n) is 15.9. The van der Waals surface area contributed by atoms with E-state index in [9.17, 15) is 14.4 Å². The molecule has 0 spiro atoms. The molecule has 2 aromatic rings. The first-order valence-electron chi connectivity index (χ1n) is 9.29. The smallest absolute Gasteiger partial charge is 0.265 e. The van der Waals surface area contributed by atoms with Crippen LogP contribution in [-0.4, -0.2) is 44.1 Å². The van der Waals surface area contributed by atoms with Crippen molar-refractivity contribution in [2.45, 2.75) is 0 Å². The van der Waals surface area contributed by atoms with Crippen molar-refractivity contribution in [3.8, 4) is 17.2 Å². The summed E-state index contributed by atoms with van der Waals surface area (Å²) in [5, 5.41) is 0. The van der Waals surface area contributed by atoms with E-state index in [0.29, 0.717) is 36.1 Å². The highest BCUT2D eigenvalue weighted by atomic mass is 16.6. The van der Waals surface area contributed by atoms with Gasteiger partial charge in [0.1, 0.15) is 25.5 Å². The van der Waals surface area contributed by atoms with Crippen molar-refractivity contribution in [1.29, 1.82) is 0 Å². The summed E-state index contributed by atoms with van der Waals surface area (Å²) in [5.41, 5.74) is 5.85. The van der Waals surface area contributed by atoms with Gasteiger partial charge in [-0.2, -0.15) is 0 Å². The van der Waals surface area contributed by atoms with Crippen molar-refractivity contribution in [2.24, 2.45) is 0 Å². The van der Waals surface area contributed by atoms with Crippen molar-refractivity contribution < 1.29 is 28.6 Å². The highest BCUT2D eigenvalue weighted by molar-refractivity contribution is 6.02. The Hall–Kier alpha value is -4.01. The third-order valence-corrected chi connectivity index (χ3v) is 4.43. The molecule has 2 aliphatic rings. The Morgan fingerprint density at radius 2 is 1.77 bits per heavy atom. The van der Waals surface area contributed by atoms with E-state index in [2.05, 4.69) is 10.9 Å². The van der Waals surface area contributed by atoms with Crippen LogP contribution >= 0.6 is 0 Å². The lowest BCUT2D eigenvalue weighted by Crippen LogP contribution is -2.49. The number of ether oxygens (including phenoxy) is 3. The van der Waals surface area contributed by atoms with Crippen molar-refractivity contribution in [3.05, 3.63) is 54.1 Å². The molecule has 9 nitrogen and oxygen atoms in total. The summed E-state index contributed by atoms with van der Waals surface area (Å²) >= 11 is 0. The van der Waals surface area contributed by atoms with Crippen LogP contribution in [0.3, 0.4) is 0 Å². The highest BCUT2D eigenvalue weighted by Crippen LogP contribution is 2.32. The van der Waals surface area contributed by atoms with Gasteiger partial charge in [0.05, 0.1) is 5.69 Å². The molecule has 0 radical (unpaired) electrons. The molecule has 0 bridgehead atoms. The molecule has 154 valence electrons. The fourth-order valence-electron chi connectivity index (χ4n) is 3.02. The normalized spacial score (nSPS) is 14.7. The topological polar surface area (TPSA) is 106 Å². The Labute approximate surface area is 172 Å². The standard InChI is InChI=1S/C21H19N3O6/c25-19(8-6-14-5-7-17-18(11-14)29-10-9-28-17)22-23-20(26)12-24-15-3-1-2-4-16(15)30-13-21(24)27/h1-8,11H,9-10,12-13H2,(H,22,25)(H,23,26)/b8-6+. The Kier molecular flexibility index (Phi) is 5.51. The van der Waals surface area contributed by atoms with Crippen LogP contribution in [0.5, 0.6) is 17.2 Å². The Balaban J connectivity index is 1.30. The molecule has 4 rings (SSSR count). The van der Waals surface area contributed by atoms with Crippen LogP contribution in [-0.2, 0) is 14.4 Å². The summed E-state index contributed by atoms with van der Waals surface area (Å²) in [6.45, 7) is 0.592. The molecule has 0 fully saturated rings. The molecule has 0 unspecified atom stereocenters. The number of rotatable bonds is 4. The van der Waals surface area contributed by atoms with Gasteiger partial charge in [-0.1, -0.05) is 18.2 Å². The maximum absolute atomic E-state index is 12.2. The fourth-order valence-corrected chi connectivity index (χ4v) is 3.02. The fraction of sp³-hybridized carbons (Fsp3) is 0.190. The van der Waals surface area contributed by atoms with Gasteiger partial charge in [-0.3, -0.25) is 30.1 Å². The van der Waals surface area contributed by atoms with E-state index in [4.69, 9.17) is 14.2 Å². The van der Waals surface area contributed by atoms with Gasteiger partial charge in [0.2, 0.25) is 0 Å². The molecular weight excluding hydrogens is 390 g/mol. The quantitative estimate of drug-likeness (QED) is 0.578. The van der Waals surface area contributed by atoms with Crippen LogP contribution in [0.15, 0.2) is 48.5 Å². The minimum Gasteiger partial charge on any atom is -0.486 e. The lowest BCUT2D eigenvalue weighted by Gasteiger charge is -2.28. The molecule has 2 N–H and O–H groups in total. The zero-order chi connectivity index (χ0) is 20.9. The molecule has 0 aromatic heterocycles. The highest BCUT2D eigenvalue weighted by Gasteiger charge is 2.26. The van der Waals surface area contributed by atoms with Crippen molar-refractivity contribution in [1.82, 2.24) is 10.9 Å². The summed E-state index contributed by atoms with van der Waals surface area (Å²) in [6.07, 6.45) is 2.86. The van der Waals surface area contributed by atoms with E-state index >= 15 is 0 Å². The SMILES string of the molecule is O=C(/C=C/c1ccc2c(c1)OCCO2)NNC(=O)CN1C(=O)COc2ccccc21. The zero-order valence-corrected chi connectivity index (χ0v) is 15.9. The van der Waals surface area contributed by atoms with Gasteiger partial charge in [0, 0.05) is 6.08 Å². The number of hydrogen-bond acceptors (Lipinski definition) is 6. The number of amides is 3. The minimum atomic E-state index is -0.541. The minimum absolute atomic E-state index is 0.144. The van der Waals surface area contributed by atoms with Crippen molar-refractivity contribution in [2.75, 3.05) is 31.3 Å². The molecule has 2 heterocycles. The van der Waals surface area contributed by atoms with Crippen LogP contribution in [0.2, 0.25) is 0 Å². The molecule has 3 amide bonds. The average Bonchev–Trinajstić information content (AvgIpc) is 2.78. The maximum Gasteiger partial charge on any atom is 0.265 e. The summed E-state index contributed by atoms with van der Waals surface area (Å²) in [7, 11) is 0. The number of fused-ring (bicyclic) bond motifs is 2. The van der Waals surface area contributed by atoms with Crippen LogP contribution < -0.4 is 30.0 Å². The number of carbonyl (C=O) groups is 3. The van der Waals surface area contributed by atoms with Gasteiger partial charge in [-0.25, -0.2) is 0 Å². The number of nitrogens with one attached hydrogen (secondary N) is 2. The van der Waals surface area contributed by atoms with Gasteiger partial charge in [-0.05, 0) is 35.9 Å². The van der Waals surface area contributed by atoms with Gasteiger partial charge in [0.15, 0.2) is 18.1 Å². The second kappa shape index (κ2) is 8.56. The van der Waals surface area contributed by atoms with Crippen LogP contribution in [0.25, 0.3) is 6.08 Å². The van der Waals surface area contributed by atoms with Crippen LogP contribution in [0, 0.1) is 0 Å². The third-order valence-electron chi connectivity index (χ3n) is 4.43. The summed E-state index contributed by atoms with van der Waals surface area (Å²) in [4.78, 5) is 37.6. The first-order chi connectivity index (χ1) is 14.6. The van der Waals surface area contributed by atoms with Gasteiger partial charge in [0.25, 0.3) is 17.7 Å². The Bertz CT molecular complexity index is 1020. The van der Waals surface area contributed by atoms with E-state index < -0.39 is 11.8 Å². The van der Waals surface area contributed by atoms with Crippen molar-refractivity contribution >= 4 is 29.5 Å². The van der Waals surface area contributed by atoms with Crippen LogP contribution in [0.1, 0.15) is 5.56 Å². The van der Waals surface area contributed by atoms with E-state index in [1.54, 1.807) is 48.5 Å². The maximum atomic E-state index is 12.2. The molecule has 9 heteroatoms. The molecule has 0 atom stereocenters. The van der Waals surface area contributed by atoms with E-state index in [1.165, 1.54) is 11.0 Å². The number of nitrogens with zero attached hydrogens (tertiary/aromatic N) is 1. The van der Waals surface area contributed by atoms with Gasteiger partial charge >= 0.3 is 0 Å². The number of para-hydroxylation sites is 2. The molecule has 0 saturated carbocycles. The van der Waals surface area contributed by atoms with Gasteiger partial charge in [-0.15, -0.1) is 0 Å². The molecule has 30 heavy (non-hydrogen) atoms. The molecule has 0 saturated heterocycles. The monoisotopic (exact) mass is 409 g/mol. The molecule has 2 aliphatic heterocycles. The average molecular weight is 409 g/mol. The summed E-state index contributed by atoms with van der Waals surface area (Å²) in [6, 6.07) is 12.3. The van der Waals surface area contributed by atoms with E-state index in [1.807, 2.05) is 0 Å². The number of carbonyl (C=O) groups excluding carboxylic acids is 3. The largest absolute Gasteiger partial charge is 0.486 e. The number of benzene rings is 2. The number of hydrogen-bond donors (Lipinski definition) is 2. The second-order valence-electron chi connectivity index (χ2n) is 6.51.